The maximum Gasteiger partial charge on any atom is 0.227 e. The van der Waals surface area contributed by atoms with Gasteiger partial charge in [-0.1, -0.05) is 22.0 Å². The number of pyridine rings is 1. The molecule has 1 fully saturated rings. The Morgan fingerprint density at radius 1 is 1.36 bits per heavy atom. The second-order valence-electron chi connectivity index (χ2n) is 5.17. The highest BCUT2D eigenvalue weighted by Crippen LogP contribution is 2.28. The molecule has 0 aliphatic carbocycles. The van der Waals surface area contributed by atoms with Crippen molar-refractivity contribution in [1.82, 2.24) is 4.98 Å². The lowest BCUT2D eigenvalue weighted by atomic mass is 10.1. The highest BCUT2D eigenvalue weighted by molar-refractivity contribution is 9.10. The predicted octanol–water partition coefficient (Wildman–Crippen LogP) is 3.92. The molecule has 1 atom stereocenters. The minimum absolute atomic E-state index is 0.126. The Hall–Kier alpha value is -1.53. The van der Waals surface area contributed by atoms with Gasteiger partial charge in [0.25, 0.3) is 0 Å². The van der Waals surface area contributed by atoms with Crippen molar-refractivity contribution in [3.8, 4) is 11.6 Å². The first-order valence-corrected chi connectivity index (χ1v) is 8.39. The number of ether oxygens (including phenoxy) is 1. The Kier molecular flexibility index (Phi) is 4.69. The number of amides is 1. The molecule has 1 saturated heterocycles. The predicted molar refractivity (Wildman–Crippen MR) is 92.8 cm³/mol. The smallest absolute Gasteiger partial charge is 0.227 e. The van der Waals surface area contributed by atoms with Crippen LogP contribution in [0, 0.1) is 5.92 Å². The molecule has 0 spiro atoms. The molecule has 1 aliphatic heterocycles. The molecule has 1 aliphatic rings. The van der Waals surface area contributed by atoms with Gasteiger partial charge in [0.15, 0.2) is 0 Å². The van der Waals surface area contributed by atoms with Gasteiger partial charge < -0.3 is 9.64 Å². The van der Waals surface area contributed by atoms with Gasteiger partial charge in [-0.2, -0.15) is 12.6 Å². The molecule has 2 aromatic rings. The number of aromatic nitrogens is 1. The number of hydrogen-bond donors (Lipinski definition) is 1. The zero-order valence-electron chi connectivity index (χ0n) is 11.8. The summed E-state index contributed by atoms with van der Waals surface area (Å²) in [7, 11) is 0. The van der Waals surface area contributed by atoms with Gasteiger partial charge >= 0.3 is 0 Å². The number of anilines is 1. The number of carbonyl (C=O) groups is 1. The average Bonchev–Trinajstić information content (AvgIpc) is 2.89. The fourth-order valence-electron chi connectivity index (χ4n) is 2.40. The van der Waals surface area contributed by atoms with Crippen molar-refractivity contribution in [3.05, 3.63) is 47.1 Å². The van der Waals surface area contributed by atoms with Crippen LogP contribution in [-0.4, -0.2) is 23.2 Å². The molecule has 0 bridgehead atoms. The highest BCUT2D eigenvalue weighted by Gasteiger charge is 2.29. The first kappa shape index (κ1) is 15.4. The molecule has 114 valence electrons. The van der Waals surface area contributed by atoms with Crippen LogP contribution in [-0.2, 0) is 4.79 Å². The standard InChI is InChI=1S/C16H15BrN2O2S/c17-12-2-1-3-14(7-12)21-15-5-4-13(8-18-15)19-9-11(10-22)6-16(19)20/h1-5,7-8,11,22H,6,9-10H2. The highest BCUT2D eigenvalue weighted by atomic mass is 79.9. The molecule has 1 aromatic carbocycles. The van der Waals surface area contributed by atoms with Crippen LogP contribution in [0.5, 0.6) is 11.6 Å². The van der Waals surface area contributed by atoms with Crippen molar-refractivity contribution in [2.75, 3.05) is 17.2 Å². The van der Waals surface area contributed by atoms with E-state index < -0.39 is 0 Å². The zero-order chi connectivity index (χ0) is 15.5. The van der Waals surface area contributed by atoms with Gasteiger partial charge in [-0.3, -0.25) is 4.79 Å². The Morgan fingerprint density at radius 2 is 2.23 bits per heavy atom. The molecule has 2 heterocycles. The quantitative estimate of drug-likeness (QED) is 0.819. The van der Waals surface area contributed by atoms with Crippen molar-refractivity contribution in [2.24, 2.45) is 5.92 Å². The monoisotopic (exact) mass is 378 g/mol. The van der Waals surface area contributed by atoms with E-state index in [0.29, 0.717) is 30.5 Å². The summed E-state index contributed by atoms with van der Waals surface area (Å²) in [5, 5.41) is 0. The van der Waals surface area contributed by atoms with E-state index in [9.17, 15) is 4.79 Å². The third kappa shape index (κ3) is 3.44. The fraction of sp³-hybridized carbons (Fsp3) is 0.250. The average molecular weight is 379 g/mol. The maximum atomic E-state index is 12.0. The van der Waals surface area contributed by atoms with Gasteiger partial charge in [0, 0.05) is 23.5 Å². The molecule has 4 nitrogen and oxygen atoms in total. The van der Waals surface area contributed by atoms with E-state index in [2.05, 4.69) is 33.5 Å². The molecular weight excluding hydrogens is 364 g/mol. The minimum atomic E-state index is 0.126. The van der Waals surface area contributed by atoms with Crippen molar-refractivity contribution < 1.29 is 9.53 Å². The number of rotatable bonds is 4. The number of carbonyl (C=O) groups excluding carboxylic acids is 1. The van der Waals surface area contributed by atoms with Crippen molar-refractivity contribution in [2.45, 2.75) is 6.42 Å². The molecule has 0 N–H and O–H groups in total. The molecule has 3 rings (SSSR count). The van der Waals surface area contributed by atoms with E-state index in [4.69, 9.17) is 4.74 Å². The minimum Gasteiger partial charge on any atom is -0.439 e. The molecule has 0 radical (unpaired) electrons. The molecular formula is C16H15BrN2O2S. The van der Waals surface area contributed by atoms with Crippen LogP contribution in [0.15, 0.2) is 47.1 Å². The first-order valence-electron chi connectivity index (χ1n) is 6.96. The molecule has 0 saturated carbocycles. The van der Waals surface area contributed by atoms with E-state index in [1.165, 1.54) is 0 Å². The van der Waals surface area contributed by atoms with E-state index in [1.54, 1.807) is 17.2 Å². The second kappa shape index (κ2) is 6.71. The lowest BCUT2D eigenvalue weighted by molar-refractivity contribution is -0.117. The van der Waals surface area contributed by atoms with Crippen LogP contribution in [0.25, 0.3) is 0 Å². The Balaban J connectivity index is 1.72. The summed E-state index contributed by atoms with van der Waals surface area (Å²) in [5.41, 5.74) is 0.802. The summed E-state index contributed by atoms with van der Waals surface area (Å²) in [6.07, 6.45) is 2.23. The van der Waals surface area contributed by atoms with Crippen LogP contribution in [0.4, 0.5) is 5.69 Å². The maximum absolute atomic E-state index is 12.0. The van der Waals surface area contributed by atoms with Crippen molar-refractivity contribution in [3.63, 3.8) is 0 Å². The third-order valence-electron chi connectivity index (χ3n) is 3.51. The topological polar surface area (TPSA) is 42.4 Å². The molecule has 1 aromatic heterocycles. The van der Waals surface area contributed by atoms with Crippen molar-refractivity contribution in [1.29, 1.82) is 0 Å². The van der Waals surface area contributed by atoms with Crippen LogP contribution in [0.1, 0.15) is 6.42 Å². The lowest BCUT2D eigenvalue weighted by Crippen LogP contribution is -2.24. The summed E-state index contributed by atoms with van der Waals surface area (Å²) >= 11 is 7.67. The van der Waals surface area contributed by atoms with E-state index in [-0.39, 0.29) is 5.91 Å². The largest absolute Gasteiger partial charge is 0.439 e. The first-order chi connectivity index (χ1) is 10.7. The normalized spacial score (nSPS) is 17.8. The van der Waals surface area contributed by atoms with Crippen LogP contribution < -0.4 is 9.64 Å². The third-order valence-corrected chi connectivity index (χ3v) is 4.52. The zero-order valence-corrected chi connectivity index (χ0v) is 14.3. The summed E-state index contributed by atoms with van der Waals surface area (Å²) in [4.78, 5) is 18.0. The van der Waals surface area contributed by atoms with Gasteiger partial charge in [0.2, 0.25) is 11.8 Å². The van der Waals surface area contributed by atoms with E-state index >= 15 is 0 Å². The molecule has 6 heteroatoms. The summed E-state index contributed by atoms with van der Waals surface area (Å²) in [5.74, 6) is 2.37. The SMILES string of the molecule is O=C1CC(CS)CN1c1ccc(Oc2cccc(Br)c2)nc1. The summed E-state index contributed by atoms with van der Waals surface area (Å²) < 4.78 is 6.64. The Morgan fingerprint density at radius 3 is 2.86 bits per heavy atom. The van der Waals surface area contributed by atoms with Crippen LogP contribution in [0.2, 0.25) is 0 Å². The lowest BCUT2D eigenvalue weighted by Gasteiger charge is -2.16. The van der Waals surface area contributed by atoms with Crippen molar-refractivity contribution >= 4 is 40.2 Å². The summed E-state index contributed by atoms with van der Waals surface area (Å²) in [6, 6.07) is 11.2. The summed E-state index contributed by atoms with van der Waals surface area (Å²) in [6.45, 7) is 0.704. The van der Waals surface area contributed by atoms with E-state index in [1.807, 2.05) is 30.3 Å². The van der Waals surface area contributed by atoms with Gasteiger partial charge in [-0.25, -0.2) is 4.98 Å². The number of benzene rings is 1. The Bertz CT molecular complexity index is 678. The Labute approximate surface area is 143 Å². The fourth-order valence-corrected chi connectivity index (χ4v) is 3.02. The molecule has 22 heavy (non-hydrogen) atoms. The number of hydrogen-bond acceptors (Lipinski definition) is 4. The van der Waals surface area contributed by atoms with E-state index in [0.717, 1.165) is 15.9 Å². The van der Waals surface area contributed by atoms with Gasteiger partial charge in [-0.15, -0.1) is 0 Å². The van der Waals surface area contributed by atoms with Crippen LogP contribution in [0.3, 0.4) is 0 Å². The number of nitrogens with zero attached hydrogens (tertiary/aromatic N) is 2. The molecule has 1 unspecified atom stereocenters. The van der Waals surface area contributed by atoms with Crippen LogP contribution >= 0.6 is 28.6 Å². The van der Waals surface area contributed by atoms with Gasteiger partial charge in [0.1, 0.15) is 5.75 Å². The number of halogens is 1. The van der Waals surface area contributed by atoms with Gasteiger partial charge in [-0.05, 0) is 35.9 Å². The number of thiol groups is 1. The molecule has 1 amide bonds. The van der Waals surface area contributed by atoms with Gasteiger partial charge in [0.05, 0.1) is 11.9 Å². The second-order valence-corrected chi connectivity index (χ2v) is 6.45.